The summed E-state index contributed by atoms with van der Waals surface area (Å²) in [5.41, 5.74) is 0. The van der Waals surface area contributed by atoms with Gasteiger partial charge in [-0.2, -0.15) is 0 Å². The van der Waals surface area contributed by atoms with Crippen molar-refractivity contribution in [3.63, 3.8) is 0 Å². The molecule has 160 valence electrons. The smallest absolute Gasteiger partial charge is 0.0675 e. The van der Waals surface area contributed by atoms with Crippen LogP contribution in [0.5, 0.6) is 0 Å². The molecule has 0 spiro atoms. The Bertz CT molecular complexity index is 355. The molecule has 16 heteroatoms. The minimum atomic E-state index is -5.17. The van der Waals surface area contributed by atoms with E-state index in [2.05, 4.69) is 56.4 Å². The number of quaternary nitrogens is 4. The van der Waals surface area contributed by atoms with Crippen LogP contribution in [0.4, 0.5) is 0 Å². The fourth-order valence-corrected chi connectivity index (χ4v) is 0. The van der Waals surface area contributed by atoms with Crippen molar-refractivity contribution in [1.29, 1.82) is 0 Å². The minimum Gasteiger partial charge on any atom is -0.759 e. The van der Waals surface area contributed by atoms with Crippen molar-refractivity contribution in [3.8, 4) is 0 Å². The molecule has 0 fully saturated rings. The highest BCUT2D eigenvalue weighted by Crippen LogP contribution is 1.74. The normalized spacial score (nSPS) is 9.83. The summed E-state index contributed by atoms with van der Waals surface area (Å²) in [6, 6.07) is 0. The molecular formula is C8H36N4O10S2. The molecule has 0 radical (unpaired) electrons. The van der Waals surface area contributed by atoms with Gasteiger partial charge in [-0.1, -0.05) is 0 Å². The Morgan fingerprint density at radius 1 is 0.500 bits per heavy atom. The molecule has 0 saturated heterocycles. The van der Waals surface area contributed by atoms with E-state index in [1.54, 1.807) is 0 Å². The van der Waals surface area contributed by atoms with Gasteiger partial charge in [0, 0.05) is 20.8 Å². The molecule has 0 rings (SSSR count). The standard InChI is InChI=1S/2C4H12N.2H3N.2H2O4S.2H2O/c2*1-5(2,3)4;;;2*1-5(2,3)4;;/h2*1-4H3;2*1H3;2*(H2,1,2,3,4);2*1H2/q2*+1;;;;;;/p-2. The van der Waals surface area contributed by atoms with Crippen molar-refractivity contribution in [2.45, 2.75) is 0 Å². The molecule has 0 aromatic heterocycles. The largest absolute Gasteiger partial charge is 0.759 e. The average molecular weight is 413 g/mol. The van der Waals surface area contributed by atoms with Gasteiger partial charge in [0.1, 0.15) is 0 Å². The lowest BCUT2D eigenvalue weighted by Gasteiger charge is -2.14. The first kappa shape index (κ1) is 49.5. The van der Waals surface area contributed by atoms with Crippen LogP contribution in [0.15, 0.2) is 0 Å². The monoisotopic (exact) mass is 412 g/mol. The van der Waals surface area contributed by atoms with Crippen LogP contribution in [0.3, 0.4) is 0 Å². The van der Waals surface area contributed by atoms with E-state index < -0.39 is 20.8 Å². The zero-order valence-corrected chi connectivity index (χ0v) is 17.6. The summed E-state index contributed by atoms with van der Waals surface area (Å²) >= 11 is 0. The molecule has 0 unspecified atom stereocenters. The van der Waals surface area contributed by atoms with Crippen molar-refractivity contribution >= 4 is 20.8 Å². The molecule has 0 bridgehead atoms. The molecule has 12 N–H and O–H groups in total. The Labute approximate surface area is 145 Å². The SMILES string of the molecule is C[N+](C)(C)C.C[N+](C)(C)C.O.O.O=S(=O)([O-])[O-].O=S(=O)([O-])[O-].[NH4+].[NH4+]. The zero-order chi connectivity index (χ0) is 18.0. The van der Waals surface area contributed by atoms with Crippen LogP contribution in [0.25, 0.3) is 0 Å². The average Bonchev–Trinajstić information content (AvgIpc) is 1.62. The molecule has 0 aliphatic heterocycles. The van der Waals surface area contributed by atoms with Crippen LogP contribution in [-0.4, -0.2) is 111 Å². The highest BCUT2D eigenvalue weighted by atomic mass is 32.3. The Morgan fingerprint density at radius 2 is 0.500 bits per heavy atom. The Kier molecular flexibility index (Phi) is 38.9. The molecule has 14 nitrogen and oxygen atoms in total. The highest BCUT2D eigenvalue weighted by molar-refractivity contribution is 7.79. The van der Waals surface area contributed by atoms with Gasteiger partial charge in [-0.15, -0.1) is 0 Å². The third-order valence-corrected chi connectivity index (χ3v) is 0. The maximum absolute atomic E-state index is 8.52. The second kappa shape index (κ2) is 18.8. The van der Waals surface area contributed by atoms with E-state index in [1.165, 1.54) is 0 Å². The molecule has 0 aromatic carbocycles. The van der Waals surface area contributed by atoms with E-state index in [0.717, 1.165) is 8.97 Å². The predicted octanol–water partition coefficient (Wildman–Crippen LogP) is -2.93. The van der Waals surface area contributed by atoms with Crippen LogP contribution in [0.2, 0.25) is 0 Å². The van der Waals surface area contributed by atoms with Gasteiger partial charge >= 0.3 is 0 Å². The first-order chi connectivity index (χ1) is 8.00. The Hall–Kier alpha value is -0.500. The van der Waals surface area contributed by atoms with E-state index in [4.69, 9.17) is 35.0 Å². The molecule has 0 aromatic rings. The maximum atomic E-state index is 8.52. The van der Waals surface area contributed by atoms with Crippen LogP contribution in [0, 0.1) is 0 Å². The van der Waals surface area contributed by atoms with E-state index in [0.29, 0.717) is 0 Å². The number of nitrogens with zero attached hydrogens (tertiary/aromatic N) is 2. The quantitative estimate of drug-likeness (QED) is 0.235. The van der Waals surface area contributed by atoms with Crippen molar-refractivity contribution < 1.29 is 55.0 Å². The summed E-state index contributed by atoms with van der Waals surface area (Å²) in [6.07, 6.45) is 0. The van der Waals surface area contributed by atoms with Gasteiger partial charge in [-0.3, -0.25) is 16.8 Å². The lowest BCUT2D eigenvalue weighted by atomic mass is 10.8. The van der Waals surface area contributed by atoms with Crippen LogP contribution in [-0.2, 0) is 20.8 Å². The van der Waals surface area contributed by atoms with Gasteiger partial charge in [0.25, 0.3) is 0 Å². The lowest BCUT2D eigenvalue weighted by molar-refractivity contribution is -0.849. The summed E-state index contributed by atoms with van der Waals surface area (Å²) in [6.45, 7) is 0. The van der Waals surface area contributed by atoms with Crippen molar-refractivity contribution in [2.24, 2.45) is 0 Å². The Balaban J connectivity index is -0.0000000225. The van der Waals surface area contributed by atoms with E-state index in [1.807, 2.05) is 0 Å². The molecule has 24 heavy (non-hydrogen) atoms. The fraction of sp³-hybridized carbons (Fsp3) is 1.00. The van der Waals surface area contributed by atoms with Crippen molar-refractivity contribution in [2.75, 3.05) is 56.4 Å². The van der Waals surface area contributed by atoms with Gasteiger partial charge in [-0.25, -0.2) is 0 Å². The van der Waals surface area contributed by atoms with E-state index >= 15 is 0 Å². The Morgan fingerprint density at radius 3 is 0.500 bits per heavy atom. The van der Waals surface area contributed by atoms with Crippen molar-refractivity contribution in [1.82, 2.24) is 12.3 Å². The molecule has 0 aliphatic carbocycles. The first-order valence-corrected chi connectivity index (χ1v) is 7.58. The first-order valence-electron chi connectivity index (χ1n) is 4.91. The third kappa shape index (κ3) is 36100. The van der Waals surface area contributed by atoms with Gasteiger partial charge in [0.05, 0.1) is 56.4 Å². The molecule has 0 heterocycles. The minimum absolute atomic E-state index is 0. The molecule has 0 saturated carbocycles. The van der Waals surface area contributed by atoms with Gasteiger partial charge in [-0.05, 0) is 0 Å². The second-order valence-electron chi connectivity index (χ2n) is 6.18. The summed E-state index contributed by atoms with van der Waals surface area (Å²) < 4.78 is 70.2. The molecule has 0 atom stereocenters. The predicted molar refractivity (Wildman–Crippen MR) is 88.1 cm³/mol. The summed E-state index contributed by atoms with van der Waals surface area (Å²) in [4.78, 5) is 0. The fourth-order valence-electron chi connectivity index (χ4n) is 0. The maximum Gasteiger partial charge on any atom is 0.0675 e. The zero-order valence-electron chi connectivity index (χ0n) is 16.0. The van der Waals surface area contributed by atoms with Crippen LogP contribution in [0.1, 0.15) is 0 Å². The van der Waals surface area contributed by atoms with Crippen LogP contribution < -0.4 is 12.3 Å². The number of hydrogen-bond acceptors (Lipinski definition) is 8. The topological polar surface area (TPSA) is 297 Å². The highest BCUT2D eigenvalue weighted by Gasteiger charge is 1.88. The van der Waals surface area contributed by atoms with Gasteiger partial charge < -0.3 is 50.4 Å². The second-order valence-corrected chi connectivity index (χ2v) is 7.82. The molecule has 0 aliphatic rings. The molecular weight excluding hydrogens is 376 g/mol. The number of hydrogen-bond donors (Lipinski definition) is 2. The van der Waals surface area contributed by atoms with Crippen molar-refractivity contribution in [3.05, 3.63) is 0 Å². The molecule has 0 amide bonds. The third-order valence-electron chi connectivity index (χ3n) is 0. The number of rotatable bonds is 0. The van der Waals surface area contributed by atoms with Crippen LogP contribution >= 0.6 is 0 Å². The lowest BCUT2D eigenvalue weighted by Crippen LogP contribution is -2.27. The van der Waals surface area contributed by atoms with Gasteiger partial charge in [0.15, 0.2) is 0 Å². The summed E-state index contributed by atoms with van der Waals surface area (Å²) in [5.74, 6) is 0. The summed E-state index contributed by atoms with van der Waals surface area (Å²) in [7, 11) is 6.67. The summed E-state index contributed by atoms with van der Waals surface area (Å²) in [5, 5.41) is 0. The van der Waals surface area contributed by atoms with E-state index in [-0.39, 0.29) is 23.3 Å². The van der Waals surface area contributed by atoms with Gasteiger partial charge in [0.2, 0.25) is 0 Å². The van der Waals surface area contributed by atoms with E-state index in [9.17, 15) is 0 Å².